The topological polar surface area (TPSA) is 37.3 Å². The van der Waals surface area contributed by atoms with Gasteiger partial charge in [0.05, 0.1) is 5.92 Å². The summed E-state index contributed by atoms with van der Waals surface area (Å²) in [6.45, 7) is 0. The fourth-order valence-corrected chi connectivity index (χ4v) is 3.91. The highest BCUT2D eigenvalue weighted by Crippen LogP contribution is 2.28. The Morgan fingerprint density at radius 2 is 1.89 bits per heavy atom. The minimum absolute atomic E-state index is 0.409. The van der Waals surface area contributed by atoms with Gasteiger partial charge in [-0.2, -0.15) is 0 Å². The molecule has 1 atom stereocenters. The van der Waals surface area contributed by atoms with Crippen LogP contribution in [0.4, 0.5) is 0 Å². The molecule has 0 bridgehead atoms. The SMILES string of the molecule is O=C(O)C(Cc1ccccc1Br)Cc1sccc1Br. The summed E-state index contributed by atoms with van der Waals surface area (Å²) >= 11 is 8.51. The molecule has 1 aromatic carbocycles. The Bertz CT molecular complexity index is 580. The van der Waals surface area contributed by atoms with E-state index in [1.807, 2.05) is 35.7 Å². The van der Waals surface area contributed by atoms with Gasteiger partial charge in [-0.3, -0.25) is 4.79 Å². The van der Waals surface area contributed by atoms with Gasteiger partial charge in [0.2, 0.25) is 0 Å². The lowest BCUT2D eigenvalue weighted by molar-refractivity contribution is -0.141. The molecule has 0 aliphatic heterocycles. The summed E-state index contributed by atoms with van der Waals surface area (Å²) in [4.78, 5) is 12.5. The first kappa shape index (κ1) is 14.8. The van der Waals surface area contributed by atoms with Gasteiger partial charge in [0.15, 0.2) is 0 Å². The van der Waals surface area contributed by atoms with Crippen molar-refractivity contribution < 1.29 is 9.90 Å². The highest BCUT2D eigenvalue weighted by Gasteiger charge is 2.21. The highest BCUT2D eigenvalue weighted by atomic mass is 79.9. The number of carboxylic acid groups (broad SMARTS) is 1. The Kier molecular flexibility index (Phi) is 5.19. The number of thiophene rings is 1. The highest BCUT2D eigenvalue weighted by molar-refractivity contribution is 9.10. The second-order valence-corrected chi connectivity index (χ2v) is 6.94. The smallest absolute Gasteiger partial charge is 0.307 e. The Hall–Kier alpha value is -0.650. The van der Waals surface area contributed by atoms with E-state index in [1.165, 1.54) is 0 Å². The Labute approximate surface area is 132 Å². The molecule has 0 spiro atoms. The van der Waals surface area contributed by atoms with Crippen molar-refractivity contribution in [3.05, 3.63) is 55.1 Å². The molecular weight excluding hydrogens is 392 g/mol. The summed E-state index contributed by atoms with van der Waals surface area (Å²) in [6, 6.07) is 9.72. The zero-order valence-corrected chi connectivity index (χ0v) is 14.0. The van der Waals surface area contributed by atoms with E-state index in [-0.39, 0.29) is 0 Å². The monoisotopic (exact) mass is 402 g/mol. The summed E-state index contributed by atoms with van der Waals surface area (Å²) in [7, 11) is 0. The fourth-order valence-electron chi connectivity index (χ4n) is 1.87. The van der Waals surface area contributed by atoms with E-state index in [4.69, 9.17) is 0 Å². The van der Waals surface area contributed by atoms with Gasteiger partial charge in [0.1, 0.15) is 0 Å². The lowest BCUT2D eigenvalue weighted by Crippen LogP contribution is -2.19. The average Bonchev–Trinajstić information content (AvgIpc) is 2.76. The van der Waals surface area contributed by atoms with Gasteiger partial charge in [-0.05, 0) is 51.8 Å². The molecule has 1 N–H and O–H groups in total. The molecule has 1 heterocycles. The van der Waals surface area contributed by atoms with Gasteiger partial charge in [-0.1, -0.05) is 34.1 Å². The largest absolute Gasteiger partial charge is 0.481 e. The predicted octanol–water partition coefficient (Wildman–Crippen LogP) is 4.76. The van der Waals surface area contributed by atoms with E-state index in [2.05, 4.69) is 31.9 Å². The molecule has 100 valence electrons. The first-order chi connectivity index (χ1) is 9.08. The summed E-state index contributed by atoms with van der Waals surface area (Å²) < 4.78 is 1.96. The summed E-state index contributed by atoms with van der Waals surface area (Å²) in [6.07, 6.45) is 1.08. The van der Waals surface area contributed by atoms with E-state index in [9.17, 15) is 9.90 Å². The standard InChI is InChI=1S/C14H12Br2O2S/c15-11-4-2-1-3-9(11)7-10(14(17)18)8-13-12(16)5-6-19-13/h1-6,10H,7-8H2,(H,17,18). The van der Waals surface area contributed by atoms with Crippen molar-refractivity contribution in [1.82, 2.24) is 0 Å². The predicted molar refractivity (Wildman–Crippen MR) is 84.7 cm³/mol. The molecule has 0 radical (unpaired) electrons. The molecule has 2 aromatic rings. The van der Waals surface area contributed by atoms with Crippen LogP contribution in [0.15, 0.2) is 44.7 Å². The maximum Gasteiger partial charge on any atom is 0.307 e. The van der Waals surface area contributed by atoms with Gasteiger partial charge >= 0.3 is 5.97 Å². The van der Waals surface area contributed by atoms with E-state index >= 15 is 0 Å². The van der Waals surface area contributed by atoms with Crippen molar-refractivity contribution in [3.8, 4) is 0 Å². The van der Waals surface area contributed by atoms with Crippen LogP contribution >= 0.6 is 43.2 Å². The Balaban J connectivity index is 2.16. The Morgan fingerprint density at radius 3 is 2.47 bits per heavy atom. The van der Waals surface area contributed by atoms with Gasteiger partial charge in [0, 0.05) is 13.8 Å². The Morgan fingerprint density at radius 1 is 1.16 bits per heavy atom. The number of benzene rings is 1. The number of carbonyl (C=O) groups is 1. The van der Waals surface area contributed by atoms with Crippen LogP contribution in [0.3, 0.4) is 0 Å². The average molecular weight is 404 g/mol. The van der Waals surface area contributed by atoms with Crippen LogP contribution in [-0.4, -0.2) is 11.1 Å². The van der Waals surface area contributed by atoms with Crippen LogP contribution in [0.5, 0.6) is 0 Å². The normalized spacial score (nSPS) is 12.3. The summed E-state index contributed by atoms with van der Waals surface area (Å²) in [5, 5.41) is 11.4. The van der Waals surface area contributed by atoms with Crippen LogP contribution in [-0.2, 0) is 17.6 Å². The third-order valence-corrected chi connectivity index (χ3v) is 5.62. The maximum atomic E-state index is 11.4. The molecule has 19 heavy (non-hydrogen) atoms. The van der Waals surface area contributed by atoms with Crippen molar-refractivity contribution in [2.45, 2.75) is 12.8 Å². The number of carboxylic acids is 1. The zero-order chi connectivity index (χ0) is 13.8. The minimum Gasteiger partial charge on any atom is -0.481 e. The number of aliphatic carboxylic acids is 1. The molecule has 0 saturated heterocycles. The van der Waals surface area contributed by atoms with Crippen LogP contribution in [0, 0.1) is 5.92 Å². The minimum atomic E-state index is -0.754. The number of hydrogen-bond acceptors (Lipinski definition) is 2. The number of hydrogen-bond donors (Lipinski definition) is 1. The second kappa shape index (κ2) is 6.68. The molecule has 0 amide bonds. The number of rotatable bonds is 5. The van der Waals surface area contributed by atoms with E-state index in [0.29, 0.717) is 12.8 Å². The van der Waals surface area contributed by atoms with Crippen molar-refractivity contribution >= 4 is 49.2 Å². The maximum absolute atomic E-state index is 11.4. The third-order valence-electron chi connectivity index (χ3n) is 2.90. The van der Waals surface area contributed by atoms with E-state index in [0.717, 1.165) is 19.4 Å². The molecule has 0 aliphatic carbocycles. The van der Waals surface area contributed by atoms with E-state index in [1.54, 1.807) is 11.3 Å². The van der Waals surface area contributed by atoms with Gasteiger partial charge in [-0.25, -0.2) is 0 Å². The van der Waals surface area contributed by atoms with Crippen LogP contribution in [0.25, 0.3) is 0 Å². The van der Waals surface area contributed by atoms with Gasteiger partial charge < -0.3 is 5.11 Å². The molecule has 1 aromatic heterocycles. The number of halogens is 2. The fraction of sp³-hybridized carbons (Fsp3) is 0.214. The first-order valence-corrected chi connectivity index (χ1v) is 8.22. The molecule has 1 unspecified atom stereocenters. The first-order valence-electron chi connectivity index (χ1n) is 5.76. The molecule has 2 rings (SSSR count). The summed E-state index contributed by atoms with van der Waals surface area (Å²) in [5.41, 5.74) is 1.03. The second-order valence-electron chi connectivity index (χ2n) is 4.23. The molecule has 5 heteroatoms. The van der Waals surface area contributed by atoms with Crippen LogP contribution in [0.1, 0.15) is 10.4 Å². The molecule has 0 saturated carbocycles. The van der Waals surface area contributed by atoms with E-state index < -0.39 is 11.9 Å². The van der Waals surface area contributed by atoms with Crippen LogP contribution in [0.2, 0.25) is 0 Å². The molecule has 2 nitrogen and oxygen atoms in total. The third kappa shape index (κ3) is 3.91. The lowest BCUT2D eigenvalue weighted by atomic mass is 9.96. The van der Waals surface area contributed by atoms with Gasteiger partial charge in [0.25, 0.3) is 0 Å². The quantitative estimate of drug-likeness (QED) is 0.781. The van der Waals surface area contributed by atoms with Crippen molar-refractivity contribution in [2.75, 3.05) is 0 Å². The van der Waals surface area contributed by atoms with Gasteiger partial charge in [-0.15, -0.1) is 11.3 Å². The van der Waals surface area contributed by atoms with Crippen molar-refractivity contribution in [1.29, 1.82) is 0 Å². The van der Waals surface area contributed by atoms with Crippen molar-refractivity contribution in [2.24, 2.45) is 5.92 Å². The zero-order valence-electron chi connectivity index (χ0n) is 9.98. The molecule has 0 fully saturated rings. The lowest BCUT2D eigenvalue weighted by Gasteiger charge is -2.13. The molecule has 0 aliphatic rings. The molecular formula is C14H12Br2O2S. The van der Waals surface area contributed by atoms with Crippen LogP contribution < -0.4 is 0 Å². The summed E-state index contributed by atoms with van der Waals surface area (Å²) in [5.74, 6) is -1.16. The van der Waals surface area contributed by atoms with Crippen molar-refractivity contribution in [3.63, 3.8) is 0 Å².